The molecule has 2 aliphatic rings. The molecule has 0 amide bonds. The number of carbonyl (C=O) groups is 1. The monoisotopic (exact) mass is 558 g/mol. The highest BCUT2D eigenvalue weighted by atomic mass is 32.4. The largest absolute Gasteiger partial charge is 0.462 e. The quantitative estimate of drug-likeness (QED) is 0.145. The number of rotatable bonds is 11. The summed E-state index contributed by atoms with van der Waals surface area (Å²) in [4.78, 5) is 14.1. The zero-order valence-electron chi connectivity index (χ0n) is 26.1. The van der Waals surface area contributed by atoms with Gasteiger partial charge in [-0.2, -0.15) is 0 Å². The van der Waals surface area contributed by atoms with Gasteiger partial charge in [0.25, 0.3) is 0 Å². The standard InChI is InChI=1S/C29H59N2O2PSSi/c1-19(2)25-16-15-24(11)17-27(25)33-28(32)26-18-29(26,36(12,13)14)34(35,30(20(3)4)21(5)6)31(22(7)8)23(9)10/h19-27H,15-18H2,1-14H3/t24-,25+,26+,27-,29-/m1/s1. The Morgan fingerprint density at radius 3 is 1.69 bits per heavy atom. The fourth-order valence-corrected chi connectivity index (χ4v) is 23.6. The number of hydrogen-bond acceptors (Lipinski definition) is 3. The van der Waals surface area contributed by atoms with Crippen molar-refractivity contribution in [1.82, 2.24) is 9.34 Å². The SMILES string of the molecule is CC(C)[C@@H]1CC[C@@H](C)C[C@H]1OC(=O)[C@@H]1C[C@]1([Si](C)(C)C)P(=S)(N(C(C)C)C(C)C)N(C(C)C)C(C)C. The second-order valence-electron chi connectivity index (χ2n) is 14.4. The van der Waals surface area contributed by atoms with Gasteiger partial charge in [-0.05, 0) is 92.4 Å². The van der Waals surface area contributed by atoms with Gasteiger partial charge in [0.15, 0.2) is 0 Å². The number of esters is 1. The molecule has 0 aromatic rings. The van der Waals surface area contributed by atoms with Crippen molar-refractivity contribution in [2.75, 3.05) is 0 Å². The Balaban J connectivity index is 2.61. The van der Waals surface area contributed by atoms with E-state index in [0.717, 1.165) is 12.8 Å². The molecule has 212 valence electrons. The Bertz CT molecular complexity index is 770. The number of hydrogen-bond donors (Lipinski definition) is 0. The third-order valence-electron chi connectivity index (χ3n) is 9.01. The second-order valence-corrected chi connectivity index (χ2v) is 24.6. The highest BCUT2D eigenvalue weighted by molar-refractivity contribution is 8.14. The lowest BCUT2D eigenvalue weighted by Crippen LogP contribution is -2.56. The predicted molar refractivity (Wildman–Crippen MR) is 164 cm³/mol. The van der Waals surface area contributed by atoms with Crippen LogP contribution in [0.1, 0.15) is 102 Å². The van der Waals surface area contributed by atoms with Crippen molar-refractivity contribution >= 4 is 32.2 Å². The van der Waals surface area contributed by atoms with E-state index in [2.05, 4.69) is 105 Å². The molecular weight excluding hydrogens is 499 g/mol. The van der Waals surface area contributed by atoms with E-state index in [1.54, 1.807) is 0 Å². The van der Waals surface area contributed by atoms with E-state index in [4.69, 9.17) is 16.5 Å². The van der Waals surface area contributed by atoms with E-state index in [-0.39, 0.29) is 22.8 Å². The number of ether oxygens (including phenoxy) is 1. The van der Waals surface area contributed by atoms with Gasteiger partial charge in [0, 0.05) is 28.9 Å². The van der Waals surface area contributed by atoms with Crippen LogP contribution >= 0.6 is 6.34 Å². The first-order valence-corrected chi connectivity index (χ1v) is 20.9. The van der Waals surface area contributed by atoms with Gasteiger partial charge >= 0.3 is 5.97 Å². The lowest BCUT2D eigenvalue weighted by Gasteiger charge is -2.57. The first kappa shape index (κ1) is 32.5. The highest BCUT2D eigenvalue weighted by Gasteiger charge is 2.75. The maximum atomic E-state index is 14.1. The van der Waals surface area contributed by atoms with Crippen LogP contribution in [0.15, 0.2) is 0 Å². The third-order valence-corrected chi connectivity index (χ3v) is 22.3. The molecule has 2 saturated carbocycles. The van der Waals surface area contributed by atoms with E-state index in [0.29, 0.717) is 41.9 Å². The molecule has 0 spiro atoms. The molecule has 0 aliphatic heterocycles. The summed E-state index contributed by atoms with van der Waals surface area (Å²) < 4.78 is 11.7. The molecule has 2 fully saturated rings. The van der Waals surface area contributed by atoms with Crippen molar-refractivity contribution in [3.05, 3.63) is 0 Å². The molecule has 2 aliphatic carbocycles. The van der Waals surface area contributed by atoms with Gasteiger partial charge in [-0.3, -0.25) is 14.1 Å². The molecule has 7 heteroatoms. The van der Waals surface area contributed by atoms with Crippen molar-refractivity contribution in [2.24, 2.45) is 23.7 Å². The highest BCUT2D eigenvalue weighted by Crippen LogP contribution is 2.80. The molecule has 4 nitrogen and oxygen atoms in total. The van der Waals surface area contributed by atoms with Crippen LogP contribution in [0.2, 0.25) is 19.6 Å². The molecule has 0 bridgehead atoms. The van der Waals surface area contributed by atoms with Crippen molar-refractivity contribution in [2.45, 2.75) is 157 Å². The molecule has 0 radical (unpaired) electrons. The normalized spacial score (nSPS) is 29.9. The van der Waals surface area contributed by atoms with Gasteiger partial charge in [0.05, 0.1) is 20.3 Å². The Morgan fingerprint density at radius 1 is 0.889 bits per heavy atom. The Labute approximate surface area is 230 Å². The molecule has 0 aromatic carbocycles. The molecule has 0 saturated heterocycles. The maximum Gasteiger partial charge on any atom is 0.309 e. The van der Waals surface area contributed by atoms with Crippen molar-refractivity contribution in [3.63, 3.8) is 0 Å². The minimum Gasteiger partial charge on any atom is -0.462 e. The summed E-state index contributed by atoms with van der Waals surface area (Å²) >= 11 is 7.07. The second kappa shape index (κ2) is 11.8. The van der Waals surface area contributed by atoms with E-state index >= 15 is 0 Å². The van der Waals surface area contributed by atoms with Crippen LogP contribution in [0.5, 0.6) is 0 Å². The summed E-state index contributed by atoms with van der Waals surface area (Å²) in [5, 5.41) is 0. The van der Waals surface area contributed by atoms with Crippen LogP contribution in [0.25, 0.3) is 0 Å². The van der Waals surface area contributed by atoms with Crippen molar-refractivity contribution < 1.29 is 9.53 Å². The van der Waals surface area contributed by atoms with E-state index in [1.165, 1.54) is 12.8 Å². The first-order valence-electron chi connectivity index (χ1n) is 14.7. The fraction of sp³-hybridized carbons (Fsp3) is 0.966. The summed E-state index contributed by atoms with van der Waals surface area (Å²) in [6.07, 6.45) is 2.05. The van der Waals surface area contributed by atoms with Crippen molar-refractivity contribution in [1.29, 1.82) is 0 Å². The zero-order chi connectivity index (χ0) is 28.0. The summed E-state index contributed by atoms with van der Waals surface area (Å²) in [7, 11) is -1.90. The Hall–Kier alpha value is 0.257. The van der Waals surface area contributed by atoms with Crippen LogP contribution in [0.3, 0.4) is 0 Å². The van der Waals surface area contributed by atoms with Gasteiger partial charge in [-0.25, -0.2) is 0 Å². The van der Waals surface area contributed by atoms with Crippen LogP contribution in [0.4, 0.5) is 0 Å². The minimum atomic E-state index is -2.33. The van der Waals surface area contributed by atoms with Crippen LogP contribution in [0, 0.1) is 23.7 Å². The first-order chi connectivity index (χ1) is 16.3. The van der Waals surface area contributed by atoms with Gasteiger partial charge in [0.2, 0.25) is 0 Å². The molecule has 0 heterocycles. The average molecular weight is 559 g/mol. The average Bonchev–Trinajstić information content (AvgIpc) is 3.44. The van der Waals surface area contributed by atoms with E-state index in [1.807, 2.05) is 0 Å². The predicted octanol–water partition coefficient (Wildman–Crippen LogP) is 8.17. The molecule has 5 atom stereocenters. The van der Waals surface area contributed by atoms with E-state index < -0.39 is 14.4 Å². The molecule has 0 unspecified atom stereocenters. The van der Waals surface area contributed by atoms with Gasteiger partial charge in [-0.15, -0.1) is 0 Å². The summed E-state index contributed by atoms with van der Waals surface area (Å²) in [6.45, 7) is 32.6. The van der Waals surface area contributed by atoms with E-state index in [9.17, 15) is 4.79 Å². The smallest absolute Gasteiger partial charge is 0.309 e. The molecule has 36 heavy (non-hydrogen) atoms. The number of nitrogens with zero attached hydrogens (tertiary/aromatic N) is 2. The molecule has 0 aromatic heterocycles. The maximum absolute atomic E-state index is 14.1. The fourth-order valence-electron chi connectivity index (χ4n) is 7.58. The van der Waals surface area contributed by atoms with Crippen molar-refractivity contribution in [3.8, 4) is 0 Å². The van der Waals surface area contributed by atoms with Gasteiger partial charge < -0.3 is 4.74 Å². The molecule has 0 N–H and O–H groups in total. The van der Waals surface area contributed by atoms with Crippen LogP contribution < -0.4 is 0 Å². The summed E-state index contributed by atoms with van der Waals surface area (Å²) in [6, 6.07) is 1.30. The zero-order valence-corrected chi connectivity index (χ0v) is 28.8. The topological polar surface area (TPSA) is 32.8 Å². The lowest BCUT2D eigenvalue weighted by atomic mass is 9.75. The molecular formula is C29H59N2O2PSSi. The molecule has 2 rings (SSSR count). The van der Waals surface area contributed by atoms with Crippen LogP contribution in [-0.2, 0) is 21.3 Å². The van der Waals surface area contributed by atoms with Gasteiger partial charge in [0.1, 0.15) is 6.10 Å². The number of carbonyl (C=O) groups excluding carboxylic acids is 1. The van der Waals surface area contributed by atoms with Gasteiger partial charge in [-0.1, -0.05) is 58.6 Å². The lowest BCUT2D eigenvalue weighted by molar-refractivity contribution is -0.157. The summed E-state index contributed by atoms with van der Waals surface area (Å²) in [5.74, 6) is 1.62. The third kappa shape index (κ3) is 5.88. The Morgan fingerprint density at radius 2 is 1.33 bits per heavy atom. The van der Waals surface area contributed by atoms with Crippen LogP contribution in [-0.4, -0.2) is 58.4 Å². The minimum absolute atomic E-state index is 0.0522. The summed E-state index contributed by atoms with van der Waals surface area (Å²) in [5.41, 5.74) is 0. The Kier molecular flexibility index (Phi) is 10.6.